The molecule has 3 nitrogen and oxygen atoms in total. The minimum Gasteiger partial charge on any atom is -0.328 e. The molecule has 1 aromatic rings. The number of pyridine rings is 1. The van der Waals surface area contributed by atoms with Crippen LogP contribution in [0.1, 0.15) is 17.6 Å². The summed E-state index contributed by atoms with van der Waals surface area (Å²) in [5.41, 5.74) is -1.37. The summed E-state index contributed by atoms with van der Waals surface area (Å²) in [4.78, 5) is 12.7. The van der Waals surface area contributed by atoms with Crippen molar-refractivity contribution >= 4 is 0 Å². The van der Waals surface area contributed by atoms with Gasteiger partial charge in [-0.2, -0.15) is 5.26 Å². The van der Waals surface area contributed by atoms with Crippen LogP contribution in [0.15, 0.2) is 17.1 Å². The molecule has 0 saturated carbocycles. The Morgan fingerprint density at radius 2 is 2.25 bits per heavy atom. The summed E-state index contributed by atoms with van der Waals surface area (Å²) in [6, 6.07) is 2.28. The number of rotatable bonds is 1. The fraction of sp³-hybridized carbons (Fsp3) is 0.143. The molecule has 12 heavy (non-hydrogen) atoms. The molecule has 0 spiro atoms. The first kappa shape index (κ1) is 8.40. The van der Waals surface area contributed by atoms with Gasteiger partial charge >= 0.3 is 0 Å². The lowest BCUT2D eigenvalue weighted by Gasteiger charge is -1.99. The smallest absolute Gasteiger partial charge is 0.265 e. The molecule has 1 N–H and O–H groups in total. The van der Waals surface area contributed by atoms with Gasteiger partial charge in [0.1, 0.15) is 6.07 Å². The zero-order valence-corrected chi connectivity index (χ0v) is 5.84. The van der Waals surface area contributed by atoms with Crippen molar-refractivity contribution in [3.05, 3.63) is 33.7 Å². The Bertz CT molecular complexity index is 378. The summed E-state index contributed by atoms with van der Waals surface area (Å²) in [6.45, 7) is 0. The van der Waals surface area contributed by atoms with Crippen LogP contribution in [-0.4, -0.2) is 4.98 Å². The second-order valence-corrected chi connectivity index (χ2v) is 2.08. The third-order valence-corrected chi connectivity index (χ3v) is 1.31. The lowest BCUT2D eigenvalue weighted by molar-refractivity contribution is 0.151. The summed E-state index contributed by atoms with van der Waals surface area (Å²) < 4.78 is 24.2. The molecular weight excluding hydrogens is 166 g/mol. The maximum absolute atomic E-state index is 12.1. The van der Waals surface area contributed by atoms with E-state index in [0.29, 0.717) is 0 Å². The fourth-order valence-corrected chi connectivity index (χ4v) is 0.765. The summed E-state index contributed by atoms with van der Waals surface area (Å²) in [7, 11) is 0. The highest BCUT2D eigenvalue weighted by atomic mass is 19.3. The Labute approximate surface area is 66.3 Å². The predicted molar refractivity (Wildman–Crippen MR) is 36.7 cm³/mol. The van der Waals surface area contributed by atoms with Gasteiger partial charge in [0, 0.05) is 17.8 Å². The molecule has 0 aromatic carbocycles. The Morgan fingerprint density at radius 1 is 1.58 bits per heavy atom. The van der Waals surface area contributed by atoms with Crippen LogP contribution in [0.4, 0.5) is 8.78 Å². The normalized spacial score (nSPS) is 9.83. The zero-order chi connectivity index (χ0) is 9.14. The molecule has 0 amide bonds. The lowest BCUT2D eigenvalue weighted by atomic mass is 10.2. The van der Waals surface area contributed by atoms with Crippen molar-refractivity contribution in [2.75, 3.05) is 0 Å². The van der Waals surface area contributed by atoms with E-state index in [2.05, 4.69) is 4.98 Å². The van der Waals surface area contributed by atoms with Crippen molar-refractivity contribution in [1.29, 1.82) is 5.26 Å². The van der Waals surface area contributed by atoms with Crippen LogP contribution < -0.4 is 5.56 Å². The van der Waals surface area contributed by atoms with Gasteiger partial charge in [0.05, 0.1) is 5.56 Å². The Kier molecular flexibility index (Phi) is 2.19. The minimum absolute atomic E-state index is 0.204. The largest absolute Gasteiger partial charge is 0.328 e. The number of aromatic nitrogens is 1. The highest BCUT2D eigenvalue weighted by molar-refractivity contribution is 5.35. The molecule has 1 rings (SSSR count). The molecule has 5 heteroatoms. The number of nitrogens with zero attached hydrogens (tertiary/aromatic N) is 1. The molecule has 0 atom stereocenters. The van der Waals surface area contributed by atoms with Gasteiger partial charge in [0.25, 0.3) is 6.43 Å². The highest BCUT2D eigenvalue weighted by Gasteiger charge is 2.12. The van der Waals surface area contributed by atoms with Gasteiger partial charge < -0.3 is 4.98 Å². The SMILES string of the molecule is N#Cc1c[nH]c(=O)cc1C(F)F. The fourth-order valence-electron chi connectivity index (χ4n) is 0.765. The molecule has 0 saturated heterocycles. The number of aromatic amines is 1. The summed E-state index contributed by atoms with van der Waals surface area (Å²) in [5.74, 6) is 0. The first-order chi connectivity index (χ1) is 5.65. The number of hydrogen-bond acceptors (Lipinski definition) is 2. The van der Waals surface area contributed by atoms with Crippen molar-refractivity contribution in [2.24, 2.45) is 0 Å². The molecule has 0 bridgehead atoms. The lowest BCUT2D eigenvalue weighted by Crippen LogP contribution is -2.07. The molecular formula is C7H4F2N2O. The van der Waals surface area contributed by atoms with E-state index in [4.69, 9.17) is 5.26 Å². The topological polar surface area (TPSA) is 56.6 Å². The first-order valence-corrected chi connectivity index (χ1v) is 3.06. The standard InChI is InChI=1S/C7H4F2N2O/c8-7(9)5-1-6(12)11-3-4(5)2-10/h1,3,7H,(H,11,12). The van der Waals surface area contributed by atoms with Crippen molar-refractivity contribution in [3.63, 3.8) is 0 Å². The molecule has 0 radical (unpaired) electrons. The van der Waals surface area contributed by atoms with Gasteiger partial charge in [0.2, 0.25) is 5.56 Å². The predicted octanol–water partition coefficient (Wildman–Crippen LogP) is 1.18. The summed E-state index contributed by atoms with van der Waals surface area (Å²) in [5, 5.41) is 8.35. The summed E-state index contributed by atoms with van der Waals surface area (Å²) in [6.07, 6.45) is -1.81. The van der Waals surface area contributed by atoms with Gasteiger partial charge in [-0.3, -0.25) is 4.79 Å². The number of halogens is 2. The number of nitriles is 1. The van der Waals surface area contributed by atoms with E-state index in [1.807, 2.05) is 0 Å². The van der Waals surface area contributed by atoms with Gasteiger partial charge in [-0.15, -0.1) is 0 Å². The third-order valence-electron chi connectivity index (χ3n) is 1.31. The highest BCUT2D eigenvalue weighted by Crippen LogP contribution is 2.19. The Morgan fingerprint density at radius 3 is 2.75 bits per heavy atom. The third kappa shape index (κ3) is 1.48. The average molecular weight is 170 g/mol. The van der Waals surface area contributed by atoms with E-state index in [9.17, 15) is 13.6 Å². The molecule has 0 aliphatic rings. The molecule has 1 heterocycles. The zero-order valence-electron chi connectivity index (χ0n) is 5.84. The quantitative estimate of drug-likeness (QED) is 0.688. The molecule has 0 unspecified atom stereocenters. The second-order valence-electron chi connectivity index (χ2n) is 2.08. The van der Waals surface area contributed by atoms with Gasteiger partial charge in [-0.1, -0.05) is 0 Å². The Balaban J connectivity index is 3.34. The van der Waals surface area contributed by atoms with Crippen LogP contribution in [0, 0.1) is 11.3 Å². The van der Waals surface area contributed by atoms with Crippen LogP contribution in [0.3, 0.4) is 0 Å². The average Bonchev–Trinajstić information content (AvgIpc) is 2.04. The van der Waals surface area contributed by atoms with Crippen molar-refractivity contribution in [2.45, 2.75) is 6.43 Å². The van der Waals surface area contributed by atoms with E-state index in [1.54, 1.807) is 6.07 Å². The monoisotopic (exact) mass is 170 g/mol. The number of nitrogens with one attached hydrogen (secondary N) is 1. The van der Waals surface area contributed by atoms with Crippen LogP contribution in [-0.2, 0) is 0 Å². The number of H-pyrrole nitrogens is 1. The van der Waals surface area contributed by atoms with Crippen LogP contribution >= 0.6 is 0 Å². The molecule has 1 aromatic heterocycles. The molecule has 0 fully saturated rings. The van der Waals surface area contributed by atoms with E-state index >= 15 is 0 Å². The maximum Gasteiger partial charge on any atom is 0.265 e. The maximum atomic E-state index is 12.1. The summed E-state index contributed by atoms with van der Waals surface area (Å²) >= 11 is 0. The van der Waals surface area contributed by atoms with E-state index in [1.165, 1.54) is 0 Å². The van der Waals surface area contributed by atoms with Gasteiger partial charge in [-0.25, -0.2) is 8.78 Å². The van der Waals surface area contributed by atoms with E-state index < -0.39 is 17.5 Å². The van der Waals surface area contributed by atoms with Crippen molar-refractivity contribution < 1.29 is 8.78 Å². The molecule has 62 valence electrons. The van der Waals surface area contributed by atoms with E-state index in [-0.39, 0.29) is 5.56 Å². The van der Waals surface area contributed by atoms with Crippen LogP contribution in [0.5, 0.6) is 0 Å². The van der Waals surface area contributed by atoms with Crippen molar-refractivity contribution in [1.82, 2.24) is 4.98 Å². The van der Waals surface area contributed by atoms with Crippen molar-refractivity contribution in [3.8, 4) is 6.07 Å². The molecule has 0 aliphatic carbocycles. The minimum atomic E-state index is -2.79. The second kappa shape index (κ2) is 3.13. The van der Waals surface area contributed by atoms with Crippen LogP contribution in [0.2, 0.25) is 0 Å². The first-order valence-electron chi connectivity index (χ1n) is 3.06. The van der Waals surface area contributed by atoms with Crippen LogP contribution in [0.25, 0.3) is 0 Å². The number of alkyl halides is 2. The van der Waals surface area contributed by atoms with Gasteiger partial charge in [0.15, 0.2) is 0 Å². The number of hydrogen-bond donors (Lipinski definition) is 1. The van der Waals surface area contributed by atoms with E-state index in [0.717, 1.165) is 12.3 Å². The Hall–Kier alpha value is -1.70. The van der Waals surface area contributed by atoms with Gasteiger partial charge in [-0.05, 0) is 0 Å². The molecule has 0 aliphatic heterocycles.